The zero-order valence-corrected chi connectivity index (χ0v) is 22.3. The van der Waals surface area contributed by atoms with Crippen LogP contribution >= 0.6 is 0 Å². The first-order valence-corrected chi connectivity index (χ1v) is 12.4. The van der Waals surface area contributed by atoms with Gasteiger partial charge >= 0.3 is 23.9 Å². The molecule has 0 bridgehead atoms. The highest BCUT2D eigenvalue weighted by molar-refractivity contribution is 5.95. The Balaban J connectivity index is 1.62. The maximum absolute atomic E-state index is 12.9. The van der Waals surface area contributed by atoms with Crippen LogP contribution in [-0.2, 0) is 19.1 Å². The van der Waals surface area contributed by atoms with Gasteiger partial charge in [-0.1, -0.05) is 37.4 Å². The van der Waals surface area contributed by atoms with Crippen molar-refractivity contribution in [2.45, 2.75) is 6.92 Å². The van der Waals surface area contributed by atoms with Crippen LogP contribution < -0.4 is 18.9 Å². The van der Waals surface area contributed by atoms with E-state index in [1.807, 2.05) is 0 Å². The van der Waals surface area contributed by atoms with Crippen molar-refractivity contribution in [1.29, 1.82) is 0 Å². The molecule has 0 fully saturated rings. The Kier molecular flexibility index (Phi) is 11.2. The van der Waals surface area contributed by atoms with Gasteiger partial charge < -0.3 is 28.4 Å². The number of aryl methyl sites for hydroxylation is 1. The van der Waals surface area contributed by atoms with Gasteiger partial charge in [-0.15, -0.1) is 0 Å². The molecular weight excluding hydrogens is 532 g/mol. The molecular formula is C31H28O10. The summed E-state index contributed by atoms with van der Waals surface area (Å²) in [6, 6.07) is 17.5. The molecule has 3 aromatic carbocycles. The monoisotopic (exact) mass is 560 g/mol. The van der Waals surface area contributed by atoms with Gasteiger partial charge in [0.15, 0.2) is 0 Å². The number of carbonyl (C=O) groups excluding carboxylic acids is 4. The zero-order chi connectivity index (χ0) is 29.6. The fraction of sp³-hybridized carbons (Fsp3) is 0.161. The lowest BCUT2D eigenvalue weighted by Gasteiger charge is -2.13. The number of esters is 4. The number of hydrogen-bond acceptors (Lipinski definition) is 10. The molecule has 212 valence electrons. The summed E-state index contributed by atoms with van der Waals surface area (Å²) >= 11 is 0. The predicted octanol–water partition coefficient (Wildman–Crippen LogP) is 4.65. The van der Waals surface area contributed by atoms with Gasteiger partial charge in [-0.2, -0.15) is 0 Å². The van der Waals surface area contributed by atoms with Crippen LogP contribution in [0.4, 0.5) is 0 Å². The standard InChI is InChI=1S/C31H28O10/c1-4-28(32)38-18-16-36-26-12-8-6-10-23(26)30(34)40-22-14-15-25(21(3)20-22)41-31(35)24-11-7-9-13-27(24)37-17-19-39-29(33)5-2/h4-15,20H,1-2,16-19H2,3H3. The van der Waals surface area contributed by atoms with Gasteiger partial charge in [0, 0.05) is 12.2 Å². The Hall–Kier alpha value is -5.38. The summed E-state index contributed by atoms with van der Waals surface area (Å²) in [5.74, 6) is -1.50. The molecule has 0 aromatic heterocycles. The van der Waals surface area contributed by atoms with Crippen molar-refractivity contribution >= 4 is 23.9 Å². The molecule has 0 aliphatic carbocycles. The average molecular weight is 561 g/mol. The molecule has 10 nitrogen and oxygen atoms in total. The maximum Gasteiger partial charge on any atom is 0.347 e. The minimum absolute atomic E-state index is 0.0185. The second-order valence-electron chi connectivity index (χ2n) is 8.14. The van der Waals surface area contributed by atoms with E-state index in [1.54, 1.807) is 61.5 Å². The number of carbonyl (C=O) groups is 4. The summed E-state index contributed by atoms with van der Waals surface area (Å²) < 4.78 is 32.0. The topological polar surface area (TPSA) is 124 Å². The largest absolute Gasteiger partial charge is 0.489 e. The van der Waals surface area contributed by atoms with E-state index in [0.29, 0.717) is 5.56 Å². The first-order chi connectivity index (χ1) is 19.8. The van der Waals surface area contributed by atoms with Crippen LogP contribution in [0.1, 0.15) is 26.3 Å². The van der Waals surface area contributed by atoms with Gasteiger partial charge in [0.2, 0.25) is 0 Å². The lowest BCUT2D eigenvalue weighted by Crippen LogP contribution is -2.15. The number of para-hydroxylation sites is 2. The molecule has 0 aliphatic rings. The van der Waals surface area contributed by atoms with E-state index >= 15 is 0 Å². The van der Waals surface area contributed by atoms with E-state index in [2.05, 4.69) is 13.2 Å². The summed E-state index contributed by atoms with van der Waals surface area (Å²) in [4.78, 5) is 48.1. The van der Waals surface area contributed by atoms with Gasteiger partial charge in [-0.3, -0.25) is 0 Å². The molecule has 0 amide bonds. The molecule has 0 saturated carbocycles. The van der Waals surface area contributed by atoms with Crippen LogP contribution in [0.15, 0.2) is 92.0 Å². The van der Waals surface area contributed by atoms with Crippen molar-refractivity contribution in [1.82, 2.24) is 0 Å². The SMILES string of the molecule is C=CC(=O)OCCOc1ccccc1C(=O)Oc1ccc(OC(=O)c2ccccc2OCCOC(=O)C=C)c(C)c1. The quantitative estimate of drug-likeness (QED) is 0.119. The normalized spacial score (nSPS) is 10.1. The van der Waals surface area contributed by atoms with Gasteiger partial charge in [0.05, 0.1) is 0 Å². The van der Waals surface area contributed by atoms with Gasteiger partial charge in [0.1, 0.15) is 60.6 Å². The highest BCUT2D eigenvalue weighted by atomic mass is 16.6. The lowest BCUT2D eigenvalue weighted by molar-refractivity contribution is -0.139. The highest BCUT2D eigenvalue weighted by Crippen LogP contribution is 2.28. The molecule has 0 aliphatic heterocycles. The molecule has 3 aromatic rings. The third kappa shape index (κ3) is 9.10. The van der Waals surface area contributed by atoms with Gasteiger partial charge in [-0.25, -0.2) is 19.2 Å². The molecule has 0 atom stereocenters. The molecule has 0 radical (unpaired) electrons. The summed E-state index contributed by atoms with van der Waals surface area (Å²) in [7, 11) is 0. The van der Waals surface area contributed by atoms with Crippen molar-refractivity contribution in [3.8, 4) is 23.0 Å². The van der Waals surface area contributed by atoms with Crippen molar-refractivity contribution in [3.05, 3.63) is 109 Å². The van der Waals surface area contributed by atoms with Gasteiger partial charge in [0.25, 0.3) is 0 Å². The highest BCUT2D eigenvalue weighted by Gasteiger charge is 2.18. The molecule has 0 spiro atoms. The fourth-order valence-electron chi connectivity index (χ4n) is 3.34. The minimum Gasteiger partial charge on any atom is -0.489 e. The van der Waals surface area contributed by atoms with E-state index in [-0.39, 0.29) is 60.6 Å². The van der Waals surface area contributed by atoms with Crippen LogP contribution in [0.3, 0.4) is 0 Å². The smallest absolute Gasteiger partial charge is 0.347 e. The van der Waals surface area contributed by atoms with E-state index in [1.165, 1.54) is 12.1 Å². The van der Waals surface area contributed by atoms with Crippen LogP contribution in [0.5, 0.6) is 23.0 Å². The first-order valence-electron chi connectivity index (χ1n) is 12.4. The van der Waals surface area contributed by atoms with E-state index in [9.17, 15) is 19.2 Å². The van der Waals surface area contributed by atoms with Crippen molar-refractivity contribution < 1.29 is 47.6 Å². The second kappa shape index (κ2) is 15.3. The Bertz CT molecular complexity index is 1430. The Morgan fingerprint density at radius 3 is 1.61 bits per heavy atom. The molecule has 3 rings (SSSR count). The Morgan fingerprint density at radius 2 is 1.12 bits per heavy atom. The number of hydrogen-bond donors (Lipinski definition) is 0. The van der Waals surface area contributed by atoms with E-state index < -0.39 is 23.9 Å². The lowest BCUT2D eigenvalue weighted by atomic mass is 10.2. The Labute approximate surface area is 236 Å². The maximum atomic E-state index is 12.9. The third-order valence-electron chi connectivity index (χ3n) is 5.28. The summed E-state index contributed by atoms with van der Waals surface area (Å²) in [5.41, 5.74) is 0.881. The fourth-order valence-corrected chi connectivity index (χ4v) is 3.34. The number of rotatable bonds is 14. The molecule has 0 unspecified atom stereocenters. The van der Waals surface area contributed by atoms with Crippen LogP contribution in [0.2, 0.25) is 0 Å². The van der Waals surface area contributed by atoms with Crippen LogP contribution in [0, 0.1) is 6.92 Å². The van der Waals surface area contributed by atoms with Crippen molar-refractivity contribution in [2.24, 2.45) is 0 Å². The van der Waals surface area contributed by atoms with Gasteiger partial charge in [-0.05, 0) is 55.0 Å². The summed E-state index contributed by atoms with van der Waals surface area (Å²) in [6.45, 7) is 8.34. The third-order valence-corrected chi connectivity index (χ3v) is 5.28. The molecule has 10 heteroatoms. The summed E-state index contributed by atoms with van der Waals surface area (Å²) in [6.07, 6.45) is 2.09. The van der Waals surface area contributed by atoms with E-state index in [4.69, 9.17) is 28.4 Å². The van der Waals surface area contributed by atoms with Crippen molar-refractivity contribution in [2.75, 3.05) is 26.4 Å². The number of benzene rings is 3. The second-order valence-corrected chi connectivity index (χ2v) is 8.14. The average Bonchev–Trinajstić information content (AvgIpc) is 2.98. The minimum atomic E-state index is -0.669. The number of ether oxygens (including phenoxy) is 6. The van der Waals surface area contributed by atoms with Crippen molar-refractivity contribution in [3.63, 3.8) is 0 Å². The van der Waals surface area contributed by atoms with E-state index in [0.717, 1.165) is 12.2 Å². The summed E-state index contributed by atoms with van der Waals surface area (Å²) in [5, 5.41) is 0. The van der Waals surface area contributed by atoms with Crippen LogP contribution in [0.25, 0.3) is 0 Å². The predicted molar refractivity (Wildman–Crippen MR) is 147 cm³/mol. The Morgan fingerprint density at radius 1 is 0.634 bits per heavy atom. The van der Waals surface area contributed by atoms with Crippen LogP contribution in [-0.4, -0.2) is 50.3 Å². The molecule has 0 N–H and O–H groups in total. The molecule has 41 heavy (non-hydrogen) atoms. The first kappa shape index (κ1) is 30.2. The molecule has 0 heterocycles. The molecule has 0 saturated heterocycles. The zero-order valence-electron chi connectivity index (χ0n) is 22.3.